The lowest BCUT2D eigenvalue weighted by Gasteiger charge is -2.33. The Bertz CT molecular complexity index is 1060. The van der Waals surface area contributed by atoms with Crippen LogP contribution in [0, 0.1) is 13.8 Å². The number of hydrogen-bond acceptors (Lipinski definition) is 6. The van der Waals surface area contributed by atoms with Gasteiger partial charge in [0.2, 0.25) is 5.95 Å². The van der Waals surface area contributed by atoms with Gasteiger partial charge < -0.3 is 15.0 Å². The van der Waals surface area contributed by atoms with Gasteiger partial charge in [0.15, 0.2) is 0 Å². The number of rotatable bonds is 4. The highest BCUT2D eigenvalue weighted by Gasteiger charge is 2.27. The molecule has 4 rings (SSSR count). The van der Waals surface area contributed by atoms with Crippen molar-refractivity contribution in [3.63, 3.8) is 0 Å². The second kappa shape index (κ2) is 8.36. The molecule has 7 nitrogen and oxygen atoms in total. The van der Waals surface area contributed by atoms with Crippen molar-refractivity contribution < 1.29 is 9.53 Å². The molecule has 7 heteroatoms. The lowest BCUT2D eigenvalue weighted by atomic mass is 10.0. The number of aryl methyl sites for hydroxylation is 2. The van der Waals surface area contributed by atoms with Gasteiger partial charge in [0.05, 0.1) is 29.9 Å². The number of fused-ring (bicyclic) bond motifs is 1. The molecule has 0 aliphatic carbocycles. The number of nitrogens with one attached hydrogen (secondary N) is 1. The van der Waals surface area contributed by atoms with Crippen molar-refractivity contribution in [2.75, 3.05) is 24.6 Å². The van der Waals surface area contributed by atoms with Crippen LogP contribution in [-0.2, 0) is 4.74 Å². The normalized spacial score (nSPS) is 16.8. The van der Waals surface area contributed by atoms with Crippen LogP contribution in [0.5, 0.6) is 0 Å². The van der Waals surface area contributed by atoms with E-state index in [0.29, 0.717) is 31.2 Å². The Morgan fingerprint density at radius 1 is 1.13 bits per heavy atom. The topological polar surface area (TPSA) is 80.2 Å². The Labute approximate surface area is 176 Å². The van der Waals surface area contributed by atoms with Crippen LogP contribution in [0.25, 0.3) is 10.9 Å². The fraction of sp³-hybridized carbons (Fsp3) is 0.391. The lowest BCUT2D eigenvalue weighted by Crippen LogP contribution is -2.40. The second-order valence-corrected chi connectivity index (χ2v) is 8.00. The molecule has 30 heavy (non-hydrogen) atoms. The summed E-state index contributed by atoms with van der Waals surface area (Å²) in [4.78, 5) is 29.0. The number of amides is 1. The van der Waals surface area contributed by atoms with E-state index in [4.69, 9.17) is 9.72 Å². The Kier molecular flexibility index (Phi) is 5.63. The van der Waals surface area contributed by atoms with Crippen LogP contribution in [0.1, 0.15) is 47.4 Å². The van der Waals surface area contributed by atoms with Crippen LogP contribution in [-0.4, -0.2) is 46.6 Å². The highest BCUT2D eigenvalue weighted by Crippen LogP contribution is 2.27. The summed E-state index contributed by atoms with van der Waals surface area (Å²) in [6, 6.07) is 11.6. The maximum absolute atomic E-state index is 12.9. The zero-order valence-electron chi connectivity index (χ0n) is 17.8. The molecule has 0 radical (unpaired) electrons. The summed E-state index contributed by atoms with van der Waals surface area (Å²) in [6.45, 7) is 9.69. The van der Waals surface area contributed by atoms with E-state index in [0.717, 1.165) is 28.0 Å². The monoisotopic (exact) mass is 405 g/mol. The van der Waals surface area contributed by atoms with Crippen LogP contribution in [0.15, 0.2) is 36.4 Å². The van der Waals surface area contributed by atoms with Gasteiger partial charge in [-0.15, -0.1) is 0 Å². The number of anilines is 1. The number of aromatic nitrogens is 3. The van der Waals surface area contributed by atoms with Crippen LogP contribution >= 0.6 is 0 Å². The molecule has 1 atom stereocenters. The Balaban J connectivity index is 1.69. The summed E-state index contributed by atoms with van der Waals surface area (Å²) >= 11 is 0. The minimum Gasteiger partial charge on any atom is -0.368 e. The Morgan fingerprint density at radius 2 is 1.87 bits per heavy atom. The van der Waals surface area contributed by atoms with Gasteiger partial charge in [0, 0.05) is 29.4 Å². The first kappa shape index (κ1) is 20.2. The average Bonchev–Trinajstić information content (AvgIpc) is 2.72. The molecule has 0 bridgehead atoms. The van der Waals surface area contributed by atoms with Crippen molar-refractivity contribution in [1.29, 1.82) is 0 Å². The molecule has 0 spiro atoms. The van der Waals surface area contributed by atoms with E-state index >= 15 is 0 Å². The molecule has 1 aliphatic rings. The molecule has 156 valence electrons. The second-order valence-electron chi connectivity index (χ2n) is 8.00. The first-order valence-corrected chi connectivity index (χ1v) is 10.3. The SMILES string of the molecule is Cc1cc(C)nc(N2CCO[C@H](c3cc(C(=O)NC(C)C)c4ccccc4n3)C2)n1. The van der Waals surface area contributed by atoms with Crippen molar-refractivity contribution in [1.82, 2.24) is 20.3 Å². The number of pyridine rings is 1. The van der Waals surface area contributed by atoms with Crippen molar-refractivity contribution in [3.8, 4) is 0 Å². The van der Waals surface area contributed by atoms with Crippen LogP contribution in [0.4, 0.5) is 5.95 Å². The summed E-state index contributed by atoms with van der Waals surface area (Å²) in [5.74, 6) is 0.606. The van der Waals surface area contributed by atoms with E-state index < -0.39 is 0 Å². The van der Waals surface area contributed by atoms with Gasteiger partial charge in [-0.05, 0) is 45.9 Å². The Morgan fingerprint density at radius 3 is 2.60 bits per heavy atom. The zero-order chi connectivity index (χ0) is 21.3. The molecule has 1 aromatic carbocycles. The van der Waals surface area contributed by atoms with Gasteiger partial charge in [0.25, 0.3) is 5.91 Å². The highest BCUT2D eigenvalue weighted by molar-refractivity contribution is 6.06. The molecule has 1 saturated heterocycles. The third-order valence-electron chi connectivity index (χ3n) is 5.05. The molecule has 0 unspecified atom stereocenters. The zero-order valence-corrected chi connectivity index (χ0v) is 17.8. The van der Waals surface area contributed by atoms with Gasteiger partial charge in [-0.25, -0.2) is 15.0 Å². The largest absolute Gasteiger partial charge is 0.368 e. The maximum Gasteiger partial charge on any atom is 0.252 e. The van der Waals surface area contributed by atoms with E-state index in [2.05, 4.69) is 20.2 Å². The van der Waals surface area contributed by atoms with E-state index in [-0.39, 0.29) is 18.1 Å². The van der Waals surface area contributed by atoms with Crippen molar-refractivity contribution in [2.24, 2.45) is 0 Å². The van der Waals surface area contributed by atoms with Gasteiger partial charge in [-0.2, -0.15) is 0 Å². The molecular formula is C23H27N5O2. The van der Waals surface area contributed by atoms with Gasteiger partial charge >= 0.3 is 0 Å². The summed E-state index contributed by atoms with van der Waals surface area (Å²) in [6.07, 6.45) is -0.265. The number of benzene rings is 1. The van der Waals surface area contributed by atoms with E-state index in [1.54, 1.807) is 0 Å². The fourth-order valence-corrected chi connectivity index (χ4v) is 3.75. The molecule has 1 aliphatic heterocycles. The molecule has 3 heterocycles. The molecular weight excluding hydrogens is 378 g/mol. The minimum atomic E-state index is -0.265. The molecule has 0 saturated carbocycles. The molecule has 1 N–H and O–H groups in total. The maximum atomic E-state index is 12.9. The summed E-state index contributed by atoms with van der Waals surface area (Å²) in [5, 5.41) is 3.83. The quantitative estimate of drug-likeness (QED) is 0.717. The smallest absolute Gasteiger partial charge is 0.252 e. The number of carbonyl (C=O) groups is 1. The van der Waals surface area contributed by atoms with Crippen LogP contribution < -0.4 is 10.2 Å². The summed E-state index contributed by atoms with van der Waals surface area (Å²) in [5.41, 5.74) is 4.03. The van der Waals surface area contributed by atoms with E-state index in [1.165, 1.54) is 0 Å². The van der Waals surface area contributed by atoms with Crippen molar-refractivity contribution in [3.05, 3.63) is 59.0 Å². The average molecular weight is 406 g/mol. The number of para-hydroxylation sites is 1. The molecule has 2 aromatic heterocycles. The number of hydrogen-bond donors (Lipinski definition) is 1. The molecule has 1 amide bonds. The van der Waals surface area contributed by atoms with Gasteiger partial charge in [-0.3, -0.25) is 4.79 Å². The van der Waals surface area contributed by atoms with Crippen LogP contribution in [0.2, 0.25) is 0 Å². The summed E-state index contributed by atoms with van der Waals surface area (Å²) < 4.78 is 6.05. The molecule has 1 fully saturated rings. The number of carbonyl (C=O) groups excluding carboxylic acids is 1. The third kappa shape index (κ3) is 4.26. The number of morpholine rings is 1. The highest BCUT2D eigenvalue weighted by atomic mass is 16.5. The fourth-order valence-electron chi connectivity index (χ4n) is 3.75. The standard InChI is InChI=1S/C23H27N5O2/c1-14(2)24-22(29)18-12-20(27-19-8-6-5-7-17(18)19)21-13-28(9-10-30-21)23-25-15(3)11-16(4)26-23/h5-8,11-12,14,21H,9-10,13H2,1-4H3,(H,24,29)/t21-/m0/s1. The predicted molar refractivity (Wildman–Crippen MR) is 117 cm³/mol. The molecule has 3 aromatic rings. The van der Waals surface area contributed by atoms with Crippen LogP contribution in [0.3, 0.4) is 0 Å². The minimum absolute atomic E-state index is 0.0519. The van der Waals surface area contributed by atoms with Gasteiger partial charge in [-0.1, -0.05) is 18.2 Å². The number of nitrogens with zero attached hydrogens (tertiary/aromatic N) is 4. The number of ether oxygens (including phenoxy) is 1. The third-order valence-corrected chi connectivity index (χ3v) is 5.05. The van der Waals surface area contributed by atoms with Gasteiger partial charge in [0.1, 0.15) is 6.10 Å². The first-order chi connectivity index (χ1) is 14.4. The van der Waals surface area contributed by atoms with Crippen molar-refractivity contribution in [2.45, 2.75) is 39.8 Å². The predicted octanol–water partition coefficient (Wildman–Crippen LogP) is 3.36. The Hall–Kier alpha value is -3.06. The summed E-state index contributed by atoms with van der Waals surface area (Å²) in [7, 11) is 0. The van der Waals surface area contributed by atoms with E-state index in [1.807, 2.05) is 64.1 Å². The first-order valence-electron chi connectivity index (χ1n) is 10.3. The van der Waals surface area contributed by atoms with E-state index in [9.17, 15) is 4.79 Å². The lowest BCUT2D eigenvalue weighted by molar-refractivity contribution is 0.0366. The van der Waals surface area contributed by atoms with Crippen molar-refractivity contribution >= 4 is 22.8 Å².